The SMILES string of the molecule is CC(C)C(CNCCCOCCO)c1ccccc1. The zero-order valence-corrected chi connectivity index (χ0v) is 12.1. The van der Waals surface area contributed by atoms with Crippen molar-refractivity contribution < 1.29 is 9.84 Å². The van der Waals surface area contributed by atoms with Crippen LogP contribution in [-0.4, -0.2) is 38.0 Å². The highest BCUT2D eigenvalue weighted by Gasteiger charge is 2.14. The Labute approximate surface area is 117 Å². The topological polar surface area (TPSA) is 41.5 Å². The van der Waals surface area contributed by atoms with Crippen LogP contribution in [0.4, 0.5) is 0 Å². The van der Waals surface area contributed by atoms with Gasteiger partial charge in [-0.05, 0) is 30.4 Å². The summed E-state index contributed by atoms with van der Waals surface area (Å²) in [7, 11) is 0. The summed E-state index contributed by atoms with van der Waals surface area (Å²) < 4.78 is 5.23. The van der Waals surface area contributed by atoms with Crippen molar-refractivity contribution in [3.05, 3.63) is 35.9 Å². The monoisotopic (exact) mass is 265 g/mol. The molecule has 1 aromatic carbocycles. The van der Waals surface area contributed by atoms with Crippen LogP contribution in [-0.2, 0) is 4.74 Å². The molecule has 0 fully saturated rings. The Bertz CT molecular complexity index is 314. The summed E-state index contributed by atoms with van der Waals surface area (Å²) >= 11 is 0. The van der Waals surface area contributed by atoms with Gasteiger partial charge in [0.2, 0.25) is 0 Å². The average Bonchev–Trinajstić information content (AvgIpc) is 2.42. The molecule has 0 amide bonds. The van der Waals surface area contributed by atoms with Crippen LogP contribution in [0, 0.1) is 5.92 Å². The lowest BCUT2D eigenvalue weighted by molar-refractivity contribution is 0.0907. The molecule has 1 rings (SSSR count). The van der Waals surface area contributed by atoms with Crippen molar-refractivity contribution >= 4 is 0 Å². The van der Waals surface area contributed by atoms with E-state index in [1.54, 1.807) is 0 Å². The van der Waals surface area contributed by atoms with E-state index in [0.29, 0.717) is 25.0 Å². The van der Waals surface area contributed by atoms with Gasteiger partial charge in [0, 0.05) is 13.2 Å². The Morgan fingerprint density at radius 2 is 1.89 bits per heavy atom. The smallest absolute Gasteiger partial charge is 0.0697 e. The third kappa shape index (κ3) is 6.71. The second kappa shape index (κ2) is 9.96. The van der Waals surface area contributed by atoms with Gasteiger partial charge in [-0.1, -0.05) is 44.2 Å². The van der Waals surface area contributed by atoms with Crippen molar-refractivity contribution in [1.29, 1.82) is 0 Å². The highest BCUT2D eigenvalue weighted by molar-refractivity contribution is 5.20. The molecule has 0 aliphatic rings. The molecule has 1 aromatic rings. The predicted molar refractivity (Wildman–Crippen MR) is 79.4 cm³/mol. The summed E-state index contributed by atoms with van der Waals surface area (Å²) in [6.07, 6.45) is 0.986. The first kappa shape index (κ1) is 16.2. The van der Waals surface area contributed by atoms with Gasteiger partial charge >= 0.3 is 0 Å². The van der Waals surface area contributed by atoms with Gasteiger partial charge in [-0.15, -0.1) is 0 Å². The molecule has 108 valence electrons. The maximum Gasteiger partial charge on any atom is 0.0697 e. The first-order valence-electron chi connectivity index (χ1n) is 7.20. The molecule has 0 bridgehead atoms. The zero-order chi connectivity index (χ0) is 13.9. The fourth-order valence-electron chi connectivity index (χ4n) is 2.16. The van der Waals surface area contributed by atoms with Gasteiger partial charge < -0.3 is 15.2 Å². The van der Waals surface area contributed by atoms with Gasteiger partial charge in [0.1, 0.15) is 0 Å². The van der Waals surface area contributed by atoms with Crippen molar-refractivity contribution in [2.24, 2.45) is 5.92 Å². The molecule has 19 heavy (non-hydrogen) atoms. The van der Waals surface area contributed by atoms with Crippen LogP contribution < -0.4 is 5.32 Å². The molecule has 0 heterocycles. The van der Waals surface area contributed by atoms with Gasteiger partial charge in [-0.25, -0.2) is 0 Å². The lowest BCUT2D eigenvalue weighted by Gasteiger charge is -2.22. The summed E-state index contributed by atoms with van der Waals surface area (Å²) in [6.45, 7) is 7.76. The summed E-state index contributed by atoms with van der Waals surface area (Å²) in [5, 5.41) is 12.1. The number of benzene rings is 1. The minimum absolute atomic E-state index is 0.108. The molecule has 0 radical (unpaired) electrons. The van der Waals surface area contributed by atoms with E-state index in [9.17, 15) is 0 Å². The summed E-state index contributed by atoms with van der Waals surface area (Å²) in [4.78, 5) is 0. The number of ether oxygens (including phenoxy) is 1. The van der Waals surface area contributed by atoms with Gasteiger partial charge in [-0.2, -0.15) is 0 Å². The molecular formula is C16H27NO2. The molecule has 2 N–H and O–H groups in total. The second-order valence-electron chi connectivity index (χ2n) is 5.15. The highest BCUT2D eigenvalue weighted by atomic mass is 16.5. The standard InChI is InChI=1S/C16H27NO2/c1-14(2)16(15-7-4-3-5-8-15)13-17-9-6-11-19-12-10-18/h3-5,7-8,14,16-18H,6,9-13H2,1-2H3. The van der Waals surface area contributed by atoms with E-state index < -0.39 is 0 Å². The Hall–Kier alpha value is -0.900. The number of hydrogen-bond acceptors (Lipinski definition) is 3. The minimum atomic E-state index is 0.108. The molecule has 1 unspecified atom stereocenters. The first-order valence-corrected chi connectivity index (χ1v) is 7.20. The Balaban J connectivity index is 2.24. The number of aliphatic hydroxyl groups excluding tert-OH is 1. The van der Waals surface area contributed by atoms with Gasteiger partial charge in [0.25, 0.3) is 0 Å². The molecule has 0 saturated heterocycles. The van der Waals surface area contributed by atoms with E-state index in [-0.39, 0.29) is 6.61 Å². The summed E-state index contributed by atoms with van der Waals surface area (Å²) in [5.74, 6) is 1.18. The second-order valence-corrected chi connectivity index (χ2v) is 5.15. The van der Waals surface area contributed by atoms with Crippen molar-refractivity contribution in [3.8, 4) is 0 Å². The van der Waals surface area contributed by atoms with Crippen LogP contribution >= 0.6 is 0 Å². The van der Waals surface area contributed by atoms with E-state index in [4.69, 9.17) is 9.84 Å². The fraction of sp³-hybridized carbons (Fsp3) is 0.625. The molecule has 0 spiro atoms. The van der Waals surface area contributed by atoms with Crippen molar-refractivity contribution in [1.82, 2.24) is 5.32 Å². The Morgan fingerprint density at radius 1 is 1.16 bits per heavy atom. The predicted octanol–water partition coefficient (Wildman–Crippen LogP) is 2.41. The molecule has 3 heteroatoms. The zero-order valence-electron chi connectivity index (χ0n) is 12.1. The van der Waals surface area contributed by atoms with Crippen LogP contribution in [0.15, 0.2) is 30.3 Å². The maximum absolute atomic E-state index is 8.59. The fourth-order valence-corrected chi connectivity index (χ4v) is 2.16. The Morgan fingerprint density at radius 3 is 2.53 bits per heavy atom. The minimum Gasteiger partial charge on any atom is -0.394 e. The van der Waals surface area contributed by atoms with Crippen molar-refractivity contribution in [3.63, 3.8) is 0 Å². The molecule has 0 aliphatic heterocycles. The molecule has 0 aliphatic carbocycles. The summed E-state index contributed by atoms with van der Waals surface area (Å²) in [5.41, 5.74) is 1.40. The van der Waals surface area contributed by atoms with Crippen LogP contribution in [0.3, 0.4) is 0 Å². The van der Waals surface area contributed by atoms with E-state index >= 15 is 0 Å². The number of hydrogen-bond donors (Lipinski definition) is 2. The quantitative estimate of drug-likeness (QED) is 0.638. The van der Waals surface area contributed by atoms with Gasteiger partial charge in [0.15, 0.2) is 0 Å². The summed E-state index contributed by atoms with van der Waals surface area (Å²) in [6, 6.07) is 10.7. The normalized spacial score (nSPS) is 12.8. The molecule has 1 atom stereocenters. The van der Waals surface area contributed by atoms with Gasteiger partial charge in [0.05, 0.1) is 13.2 Å². The number of rotatable bonds is 10. The number of aliphatic hydroxyl groups is 1. The first-order chi connectivity index (χ1) is 9.25. The number of nitrogens with one attached hydrogen (secondary N) is 1. The Kier molecular flexibility index (Phi) is 8.47. The molecular weight excluding hydrogens is 238 g/mol. The van der Waals surface area contributed by atoms with E-state index in [0.717, 1.165) is 19.5 Å². The van der Waals surface area contributed by atoms with Crippen LogP contribution in [0.2, 0.25) is 0 Å². The molecule has 3 nitrogen and oxygen atoms in total. The van der Waals surface area contributed by atoms with Crippen molar-refractivity contribution in [2.45, 2.75) is 26.2 Å². The molecule has 0 saturated carbocycles. The lowest BCUT2D eigenvalue weighted by atomic mass is 9.88. The highest BCUT2D eigenvalue weighted by Crippen LogP contribution is 2.23. The molecule has 0 aromatic heterocycles. The van der Waals surface area contributed by atoms with Crippen LogP contribution in [0.5, 0.6) is 0 Å². The third-order valence-electron chi connectivity index (χ3n) is 3.27. The van der Waals surface area contributed by atoms with Crippen molar-refractivity contribution in [2.75, 3.05) is 32.9 Å². The van der Waals surface area contributed by atoms with Gasteiger partial charge in [-0.3, -0.25) is 0 Å². The average molecular weight is 265 g/mol. The van der Waals surface area contributed by atoms with E-state index in [1.165, 1.54) is 5.56 Å². The van der Waals surface area contributed by atoms with E-state index in [1.807, 2.05) is 0 Å². The van der Waals surface area contributed by atoms with E-state index in [2.05, 4.69) is 49.5 Å². The maximum atomic E-state index is 8.59. The van der Waals surface area contributed by atoms with Crippen LogP contribution in [0.1, 0.15) is 31.7 Å². The largest absolute Gasteiger partial charge is 0.394 e. The lowest BCUT2D eigenvalue weighted by Crippen LogP contribution is -2.26. The third-order valence-corrected chi connectivity index (χ3v) is 3.27. The van der Waals surface area contributed by atoms with Crippen LogP contribution in [0.25, 0.3) is 0 Å².